The number of ether oxygens (including phenoxy) is 1. The summed E-state index contributed by atoms with van der Waals surface area (Å²) in [6, 6.07) is 0. The number of carbonyl (C=O) groups excluding carboxylic acids is 1. The fraction of sp³-hybridized carbons (Fsp3) is 0.429. The lowest BCUT2D eigenvalue weighted by Crippen LogP contribution is -2.11. The predicted molar refractivity (Wildman–Crippen MR) is 60.5 cm³/mol. The number of methoxy groups -OCH3 is 1. The molecule has 0 amide bonds. The molecule has 0 fully saturated rings. The van der Waals surface area contributed by atoms with E-state index in [1.54, 1.807) is 13.0 Å². The monoisotopic (exact) mass is 268 g/mol. The molecule has 6 heteroatoms. The molecule has 76 valence electrons. The molecule has 0 aliphatic heterocycles. The molecule has 0 aromatic heterocycles. The van der Waals surface area contributed by atoms with E-state index in [0.29, 0.717) is 11.3 Å². The van der Waals surface area contributed by atoms with Crippen LogP contribution < -0.4 is 5.73 Å². The summed E-state index contributed by atoms with van der Waals surface area (Å²) < 4.78 is 4.50. The van der Waals surface area contributed by atoms with Crippen molar-refractivity contribution in [2.45, 2.75) is 6.92 Å². The number of thioether (sulfide) groups is 1. The molecule has 0 heterocycles. The first-order valence-corrected chi connectivity index (χ1v) is 4.30. The third-order valence-electron chi connectivity index (χ3n) is 1.18. The van der Waals surface area contributed by atoms with E-state index in [1.807, 2.05) is 0 Å². The van der Waals surface area contributed by atoms with Gasteiger partial charge in [-0.3, -0.25) is 5.41 Å². The van der Waals surface area contributed by atoms with Gasteiger partial charge in [-0.1, -0.05) is 17.8 Å². The summed E-state index contributed by atoms with van der Waals surface area (Å²) in [5.41, 5.74) is 5.63. The predicted octanol–water partition coefficient (Wildman–Crippen LogP) is 1.31. The first kappa shape index (κ1) is 15.0. The van der Waals surface area contributed by atoms with Gasteiger partial charge in [0.15, 0.2) is 5.17 Å². The highest BCUT2D eigenvalue weighted by molar-refractivity contribution is 8.93. The minimum atomic E-state index is -0.369. The van der Waals surface area contributed by atoms with Crippen LogP contribution in [0.25, 0.3) is 0 Å². The van der Waals surface area contributed by atoms with Crippen LogP contribution in [0.3, 0.4) is 0 Å². The molecule has 4 nitrogen and oxygen atoms in total. The van der Waals surface area contributed by atoms with Crippen molar-refractivity contribution in [2.24, 2.45) is 5.73 Å². The van der Waals surface area contributed by atoms with E-state index in [2.05, 4.69) is 4.74 Å². The van der Waals surface area contributed by atoms with Crippen LogP contribution in [0.5, 0.6) is 0 Å². The lowest BCUT2D eigenvalue weighted by Gasteiger charge is -2.02. The normalized spacial score (nSPS) is 10.2. The smallest absolute Gasteiger partial charge is 0.334 e. The zero-order valence-electron chi connectivity index (χ0n) is 7.49. The number of amidine groups is 1. The quantitative estimate of drug-likeness (QED) is 0.350. The van der Waals surface area contributed by atoms with Crippen molar-refractivity contribution in [3.8, 4) is 0 Å². The van der Waals surface area contributed by atoms with Gasteiger partial charge in [-0.2, -0.15) is 0 Å². The third-order valence-corrected chi connectivity index (χ3v) is 1.95. The van der Waals surface area contributed by atoms with Gasteiger partial charge in [-0.15, -0.1) is 17.0 Å². The van der Waals surface area contributed by atoms with Crippen LogP contribution in [0.15, 0.2) is 11.6 Å². The lowest BCUT2D eigenvalue weighted by atomic mass is 10.3. The fourth-order valence-electron chi connectivity index (χ4n) is 0.547. The third kappa shape index (κ3) is 6.65. The van der Waals surface area contributed by atoms with E-state index in [0.717, 1.165) is 11.8 Å². The number of nitrogens with two attached hydrogens (primary N) is 1. The Morgan fingerprint density at radius 2 is 2.23 bits per heavy atom. The Kier molecular flexibility index (Phi) is 9.38. The average Bonchev–Trinajstić information content (AvgIpc) is 2.04. The Morgan fingerprint density at radius 3 is 2.54 bits per heavy atom. The first-order valence-electron chi connectivity index (χ1n) is 3.32. The summed E-state index contributed by atoms with van der Waals surface area (Å²) >= 11 is 1.10. The summed E-state index contributed by atoms with van der Waals surface area (Å²) in [7, 11) is 1.32. The molecule has 0 radical (unpaired) electrons. The number of hydrogen-bond donors (Lipinski definition) is 2. The van der Waals surface area contributed by atoms with Gasteiger partial charge < -0.3 is 10.5 Å². The molecule has 3 N–H and O–H groups in total. The second kappa shape index (κ2) is 8.12. The van der Waals surface area contributed by atoms with Gasteiger partial charge in [0.05, 0.1) is 7.11 Å². The first-order chi connectivity index (χ1) is 5.61. The Balaban J connectivity index is 0. The number of nitrogens with one attached hydrogen (secondary N) is 1. The number of esters is 1. The minimum absolute atomic E-state index is 0. The van der Waals surface area contributed by atoms with Gasteiger partial charge in [0, 0.05) is 11.3 Å². The molecular formula is C7H13BrN2O2S. The summed E-state index contributed by atoms with van der Waals surface area (Å²) in [6.45, 7) is 1.74. The minimum Gasteiger partial charge on any atom is -0.466 e. The highest BCUT2D eigenvalue weighted by atomic mass is 79.9. The molecule has 0 unspecified atom stereocenters. The van der Waals surface area contributed by atoms with Gasteiger partial charge in [-0.25, -0.2) is 4.79 Å². The molecule has 0 saturated heterocycles. The maximum atomic E-state index is 10.9. The second-order valence-corrected chi connectivity index (χ2v) is 2.98. The summed E-state index contributed by atoms with van der Waals surface area (Å²) in [5.74, 6) is 0.0182. The summed E-state index contributed by atoms with van der Waals surface area (Å²) in [6.07, 6.45) is 1.65. The van der Waals surface area contributed by atoms with Crippen LogP contribution in [-0.4, -0.2) is 24.0 Å². The molecule has 0 aromatic rings. The maximum Gasteiger partial charge on any atom is 0.334 e. The molecule has 0 bridgehead atoms. The Hall–Kier alpha value is -0.490. The number of hydrogen-bond acceptors (Lipinski definition) is 4. The molecular weight excluding hydrogens is 256 g/mol. The summed E-state index contributed by atoms with van der Waals surface area (Å²) in [5, 5.41) is 6.92. The van der Waals surface area contributed by atoms with Crippen LogP contribution in [0.4, 0.5) is 0 Å². The van der Waals surface area contributed by atoms with Crippen LogP contribution in [0.1, 0.15) is 6.92 Å². The van der Waals surface area contributed by atoms with Crippen LogP contribution in [-0.2, 0) is 9.53 Å². The van der Waals surface area contributed by atoms with E-state index in [1.165, 1.54) is 7.11 Å². The van der Waals surface area contributed by atoms with E-state index in [4.69, 9.17) is 11.1 Å². The van der Waals surface area contributed by atoms with Gasteiger partial charge >= 0.3 is 5.97 Å². The van der Waals surface area contributed by atoms with Gasteiger partial charge in [0.2, 0.25) is 0 Å². The standard InChI is InChI=1S/C7H12N2O2S.BrH/c1-3-5(6(10)11-2)4-12-7(8)9;/h3H,4H2,1-2H3,(H3,8,9);1H/b5-3+;. The van der Waals surface area contributed by atoms with E-state index >= 15 is 0 Å². The van der Waals surface area contributed by atoms with Crippen molar-refractivity contribution in [3.63, 3.8) is 0 Å². The van der Waals surface area contributed by atoms with E-state index in [-0.39, 0.29) is 28.1 Å². The molecule has 0 aromatic carbocycles. The lowest BCUT2D eigenvalue weighted by molar-refractivity contribution is -0.135. The molecule has 0 atom stereocenters. The summed E-state index contributed by atoms with van der Waals surface area (Å²) in [4.78, 5) is 10.9. The van der Waals surface area contributed by atoms with Crippen molar-refractivity contribution in [2.75, 3.05) is 12.9 Å². The van der Waals surface area contributed by atoms with Crippen molar-refractivity contribution < 1.29 is 9.53 Å². The average molecular weight is 269 g/mol. The zero-order valence-corrected chi connectivity index (χ0v) is 10.0. The van der Waals surface area contributed by atoms with Crippen molar-refractivity contribution in [3.05, 3.63) is 11.6 Å². The molecule has 0 aliphatic rings. The van der Waals surface area contributed by atoms with Crippen molar-refractivity contribution in [1.82, 2.24) is 0 Å². The Labute approximate surface area is 92.2 Å². The second-order valence-electron chi connectivity index (χ2n) is 1.96. The van der Waals surface area contributed by atoms with Crippen molar-refractivity contribution >= 4 is 39.9 Å². The van der Waals surface area contributed by atoms with Crippen LogP contribution in [0, 0.1) is 5.41 Å². The number of halogens is 1. The molecule has 0 spiro atoms. The number of allylic oxidation sites excluding steroid dienone is 1. The number of rotatable bonds is 3. The van der Waals surface area contributed by atoms with Gasteiger partial charge in [-0.05, 0) is 6.92 Å². The molecule has 0 aliphatic carbocycles. The maximum absolute atomic E-state index is 10.9. The van der Waals surface area contributed by atoms with Crippen LogP contribution in [0.2, 0.25) is 0 Å². The Bertz CT molecular complexity index is 219. The Morgan fingerprint density at radius 1 is 1.69 bits per heavy atom. The highest BCUT2D eigenvalue weighted by Crippen LogP contribution is 2.08. The van der Waals surface area contributed by atoms with E-state index < -0.39 is 0 Å². The van der Waals surface area contributed by atoms with Crippen molar-refractivity contribution in [1.29, 1.82) is 5.41 Å². The SMILES string of the molecule is Br.C/C=C(\CSC(=N)N)C(=O)OC. The zero-order chi connectivity index (χ0) is 9.56. The van der Waals surface area contributed by atoms with Gasteiger partial charge in [0.25, 0.3) is 0 Å². The topological polar surface area (TPSA) is 76.2 Å². The van der Waals surface area contributed by atoms with Gasteiger partial charge in [0.1, 0.15) is 0 Å². The highest BCUT2D eigenvalue weighted by Gasteiger charge is 2.08. The van der Waals surface area contributed by atoms with Crippen LogP contribution >= 0.6 is 28.7 Å². The fourth-order valence-corrected chi connectivity index (χ4v) is 1.14. The molecule has 13 heavy (non-hydrogen) atoms. The molecule has 0 rings (SSSR count). The largest absolute Gasteiger partial charge is 0.466 e. The van der Waals surface area contributed by atoms with E-state index in [9.17, 15) is 4.79 Å². The molecule has 0 saturated carbocycles. The number of carbonyl (C=O) groups is 1.